The molecule has 0 aliphatic heterocycles. The van der Waals surface area contributed by atoms with Gasteiger partial charge in [0.2, 0.25) is 0 Å². The van der Waals surface area contributed by atoms with Crippen molar-refractivity contribution in [2.45, 2.75) is 33.6 Å². The number of nitrogens with zero attached hydrogens (tertiary/aromatic N) is 1. The van der Waals surface area contributed by atoms with Crippen molar-refractivity contribution in [2.75, 3.05) is 6.61 Å². The molecule has 0 atom stereocenters. The first-order valence-electron chi connectivity index (χ1n) is 4.20. The predicted octanol–water partition coefficient (Wildman–Crippen LogP) is 1.04. The van der Waals surface area contributed by atoms with Crippen LogP contribution in [0.3, 0.4) is 0 Å². The number of amides is 1. The van der Waals surface area contributed by atoms with Crippen molar-refractivity contribution in [3.05, 3.63) is 0 Å². The average molecular weight is 189 g/mol. The summed E-state index contributed by atoms with van der Waals surface area (Å²) < 4.78 is 0. The zero-order valence-electron chi connectivity index (χ0n) is 8.20. The lowest BCUT2D eigenvalue weighted by atomic mass is 10.4. The van der Waals surface area contributed by atoms with Crippen LogP contribution in [0.25, 0.3) is 0 Å². The fraction of sp³-hybridized carbons (Fsp3) is 0.750. The van der Waals surface area contributed by atoms with E-state index in [0.717, 1.165) is 12.8 Å². The Morgan fingerprint density at radius 1 is 1.31 bits per heavy atom. The Bertz CT molecular complexity index is 181. The van der Waals surface area contributed by atoms with Crippen LogP contribution in [0.15, 0.2) is 0 Å². The van der Waals surface area contributed by atoms with Crippen molar-refractivity contribution in [1.29, 1.82) is 0 Å². The zero-order valence-corrected chi connectivity index (χ0v) is 8.20. The van der Waals surface area contributed by atoms with Crippen molar-refractivity contribution >= 4 is 11.9 Å². The molecule has 0 N–H and O–H groups in total. The molecular formula is C8H15NO4. The second-order valence-electron chi connectivity index (χ2n) is 2.55. The number of carbonyl (C=O) groups is 2. The molecule has 1 amide bonds. The Morgan fingerprint density at radius 3 is 2.31 bits per heavy atom. The van der Waals surface area contributed by atoms with Gasteiger partial charge in [0.05, 0.1) is 6.61 Å². The highest BCUT2D eigenvalue weighted by molar-refractivity contribution is 5.74. The Morgan fingerprint density at radius 2 is 1.92 bits per heavy atom. The normalized spacial score (nSPS) is 9.46. The number of hydrogen-bond acceptors (Lipinski definition) is 4. The van der Waals surface area contributed by atoms with E-state index in [2.05, 4.69) is 4.84 Å². The number of rotatable bonds is 4. The second kappa shape index (κ2) is 6.42. The van der Waals surface area contributed by atoms with E-state index in [-0.39, 0.29) is 0 Å². The third-order valence-corrected chi connectivity index (χ3v) is 1.18. The topological polar surface area (TPSA) is 55.8 Å². The first kappa shape index (κ1) is 11.9. The summed E-state index contributed by atoms with van der Waals surface area (Å²) in [6, 6.07) is 0. The maximum atomic E-state index is 10.8. The van der Waals surface area contributed by atoms with Crippen molar-refractivity contribution in [3.8, 4) is 0 Å². The van der Waals surface area contributed by atoms with Crippen molar-refractivity contribution in [2.24, 2.45) is 0 Å². The van der Waals surface area contributed by atoms with Crippen LogP contribution in [-0.4, -0.2) is 23.7 Å². The van der Waals surface area contributed by atoms with Crippen molar-refractivity contribution < 1.29 is 19.3 Å². The maximum Gasteiger partial charge on any atom is 0.332 e. The van der Waals surface area contributed by atoms with Crippen LogP contribution in [0.4, 0.5) is 0 Å². The van der Waals surface area contributed by atoms with Gasteiger partial charge in [0.25, 0.3) is 5.91 Å². The molecule has 5 heteroatoms. The molecule has 0 bridgehead atoms. The van der Waals surface area contributed by atoms with Crippen LogP contribution in [-0.2, 0) is 19.3 Å². The molecule has 0 aromatic carbocycles. The molecule has 5 nitrogen and oxygen atoms in total. The van der Waals surface area contributed by atoms with Crippen LogP contribution in [0, 0.1) is 0 Å². The van der Waals surface area contributed by atoms with Gasteiger partial charge >= 0.3 is 5.97 Å². The fourth-order valence-electron chi connectivity index (χ4n) is 0.590. The van der Waals surface area contributed by atoms with E-state index < -0.39 is 11.9 Å². The molecule has 76 valence electrons. The van der Waals surface area contributed by atoms with Gasteiger partial charge in [0.1, 0.15) is 0 Å². The first-order valence-corrected chi connectivity index (χ1v) is 4.20. The lowest BCUT2D eigenvalue weighted by molar-refractivity contribution is -0.321. The molecule has 0 unspecified atom stereocenters. The van der Waals surface area contributed by atoms with Gasteiger partial charge in [0, 0.05) is 13.8 Å². The zero-order chi connectivity index (χ0) is 10.3. The van der Waals surface area contributed by atoms with Crippen molar-refractivity contribution in [1.82, 2.24) is 5.23 Å². The molecular weight excluding hydrogens is 174 g/mol. The van der Waals surface area contributed by atoms with Gasteiger partial charge in [0.15, 0.2) is 0 Å². The monoisotopic (exact) mass is 189 g/mol. The fourth-order valence-corrected chi connectivity index (χ4v) is 0.590. The van der Waals surface area contributed by atoms with Gasteiger partial charge in [-0.2, -0.15) is 0 Å². The minimum atomic E-state index is -0.577. The molecule has 0 radical (unpaired) electrons. The molecule has 13 heavy (non-hydrogen) atoms. The lowest BCUT2D eigenvalue weighted by Gasteiger charge is -2.16. The first-order chi connectivity index (χ1) is 6.07. The van der Waals surface area contributed by atoms with Gasteiger partial charge in [-0.3, -0.25) is 4.79 Å². The average Bonchev–Trinajstić information content (AvgIpc) is 2.02. The molecule has 0 fully saturated rings. The smallest absolute Gasteiger partial charge is 0.312 e. The van der Waals surface area contributed by atoms with E-state index in [1.165, 1.54) is 13.8 Å². The second-order valence-corrected chi connectivity index (χ2v) is 2.55. The van der Waals surface area contributed by atoms with Crippen molar-refractivity contribution in [3.63, 3.8) is 0 Å². The molecule has 0 saturated carbocycles. The number of unbranched alkanes of at least 4 members (excludes halogenated alkanes) is 1. The number of hydroxylamine groups is 2. The highest BCUT2D eigenvalue weighted by Crippen LogP contribution is 1.97. The Labute approximate surface area is 77.5 Å². The number of carbonyl (C=O) groups excluding carboxylic acids is 2. The molecule has 0 saturated heterocycles. The predicted molar refractivity (Wildman–Crippen MR) is 45.1 cm³/mol. The minimum Gasteiger partial charge on any atom is -0.312 e. The van der Waals surface area contributed by atoms with E-state index in [1.807, 2.05) is 6.92 Å². The van der Waals surface area contributed by atoms with Gasteiger partial charge in [-0.25, -0.2) is 9.63 Å². The van der Waals surface area contributed by atoms with E-state index in [1.54, 1.807) is 0 Å². The highest BCUT2D eigenvalue weighted by atomic mass is 17.0. The molecule has 0 heterocycles. The maximum absolute atomic E-state index is 10.8. The molecule has 0 aliphatic rings. The van der Waals surface area contributed by atoms with Crippen LogP contribution >= 0.6 is 0 Å². The van der Waals surface area contributed by atoms with Gasteiger partial charge in [-0.1, -0.05) is 13.3 Å². The highest BCUT2D eigenvalue weighted by Gasteiger charge is 2.12. The quantitative estimate of drug-likeness (QED) is 0.490. The summed E-state index contributed by atoms with van der Waals surface area (Å²) in [5.74, 6) is -1.03. The Hall–Kier alpha value is -1.10. The largest absolute Gasteiger partial charge is 0.332 e. The van der Waals surface area contributed by atoms with Crippen LogP contribution in [0.2, 0.25) is 0 Å². The molecule has 0 spiro atoms. The lowest BCUT2D eigenvalue weighted by Crippen LogP contribution is -2.31. The third kappa shape index (κ3) is 6.10. The van der Waals surface area contributed by atoms with Gasteiger partial charge in [-0.15, -0.1) is 0 Å². The minimum absolute atomic E-state index is 0.364. The third-order valence-electron chi connectivity index (χ3n) is 1.18. The van der Waals surface area contributed by atoms with E-state index >= 15 is 0 Å². The summed E-state index contributed by atoms with van der Waals surface area (Å²) >= 11 is 0. The van der Waals surface area contributed by atoms with Gasteiger partial charge < -0.3 is 4.84 Å². The number of hydrogen-bond donors (Lipinski definition) is 0. The summed E-state index contributed by atoms with van der Waals surface area (Å²) in [4.78, 5) is 30.7. The summed E-state index contributed by atoms with van der Waals surface area (Å²) in [6.07, 6.45) is 1.76. The Kier molecular flexibility index (Phi) is 5.88. The molecule has 0 aliphatic carbocycles. The summed E-state index contributed by atoms with van der Waals surface area (Å²) in [5, 5.41) is 0.609. The van der Waals surface area contributed by atoms with Crippen LogP contribution < -0.4 is 0 Å². The SMILES string of the molecule is CCCCON(OC(C)=O)C(C)=O. The van der Waals surface area contributed by atoms with E-state index in [0.29, 0.717) is 11.8 Å². The van der Waals surface area contributed by atoms with E-state index in [9.17, 15) is 9.59 Å². The van der Waals surface area contributed by atoms with Crippen LogP contribution in [0.1, 0.15) is 33.6 Å². The molecule has 0 rings (SSSR count). The van der Waals surface area contributed by atoms with E-state index in [4.69, 9.17) is 4.84 Å². The summed E-state index contributed by atoms with van der Waals surface area (Å²) in [6.45, 7) is 4.82. The molecule has 0 aromatic heterocycles. The summed E-state index contributed by atoms with van der Waals surface area (Å²) in [7, 11) is 0. The summed E-state index contributed by atoms with van der Waals surface area (Å²) in [5.41, 5.74) is 0. The van der Waals surface area contributed by atoms with Crippen LogP contribution in [0.5, 0.6) is 0 Å². The standard InChI is InChI=1S/C8H15NO4/c1-4-5-6-12-9(7(2)10)13-8(3)11/h4-6H2,1-3H3. The molecule has 0 aromatic rings. The van der Waals surface area contributed by atoms with Gasteiger partial charge in [-0.05, 0) is 11.6 Å². The Balaban J connectivity index is 3.81.